The normalized spacial score (nSPS) is 17.0. The fourth-order valence-electron chi connectivity index (χ4n) is 3.62. The van der Waals surface area contributed by atoms with Crippen molar-refractivity contribution in [1.29, 1.82) is 0 Å². The van der Waals surface area contributed by atoms with Gasteiger partial charge in [0.2, 0.25) is 5.78 Å². The third-order valence-electron chi connectivity index (χ3n) is 5.55. The van der Waals surface area contributed by atoms with E-state index in [-0.39, 0.29) is 16.6 Å². The largest absolute Gasteiger partial charge is 0.462 e. The molecule has 0 saturated heterocycles. The molecule has 0 saturated carbocycles. The van der Waals surface area contributed by atoms with Crippen molar-refractivity contribution in [1.82, 2.24) is 9.97 Å². The summed E-state index contributed by atoms with van der Waals surface area (Å²) in [6.07, 6.45) is 6.67. The number of hydrogen-bond donors (Lipinski definition) is 0. The van der Waals surface area contributed by atoms with E-state index >= 15 is 0 Å². The molecule has 1 aliphatic rings. The van der Waals surface area contributed by atoms with E-state index in [1.807, 2.05) is 6.07 Å². The van der Waals surface area contributed by atoms with Gasteiger partial charge in [-0.3, -0.25) is 9.78 Å². The minimum Gasteiger partial charge on any atom is -0.462 e. The van der Waals surface area contributed by atoms with Crippen LogP contribution in [0.2, 0.25) is 0 Å². The van der Waals surface area contributed by atoms with Gasteiger partial charge >= 0.3 is 5.97 Å². The third-order valence-corrected chi connectivity index (χ3v) is 5.55. The fraction of sp³-hybridized carbons (Fsp3) is 0.417. The first kappa shape index (κ1) is 20.9. The molecule has 5 nitrogen and oxygen atoms in total. The number of aromatic nitrogens is 2. The van der Waals surface area contributed by atoms with Gasteiger partial charge in [0.25, 0.3) is 0 Å². The first-order valence-electron chi connectivity index (χ1n) is 10.0. The number of nitrogens with zero attached hydrogens (tertiary/aromatic N) is 2. The Morgan fingerprint density at radius 1 is 1.07 bits per heavy atom. The van der Waals surface area contributed by atoms with Crippen LogP contribution in [0.5, 0.6) is 0 Å². The molecule has 0 atom stereocenters. The zero-order valence-corrected chi connectivity index (χ0v) is 17.8. The Labute approximate surface area is 172 Å². The molecule has 1 aromatic carbocycles. The smallest absolute Gasteiger partial charge is 0.338 e. The van der Waals surface area contributed by atoms with E-state index in [0.717, 1.165) is 24.2 Å². The number of hydrogen-bond acceptors (Lipinski definition) is 5. The van der Waals surface area contributed by atoms with Crippen LogP contribution in [0.3, 0.4) is 0 Å². The molecule has 0 N–H and O–H groups in total. The lowest BCUT2D eigenvalue weighted by molar-refractivity contribution is 0.0526. The summed E-state index contributed by atoms with van der Waals surface area (Å²) in [7, 11) is 0. The minimum atomic E-state index is -0.405. The second-order valence-corrected chi connectivity index (χ2v) is 8.73. The average Bonchev–Trinajstić information content (AvgIpc) is 2.70. The van der Waals surface area contributed by atoms with E-state index in [0.29, 0.717) is 23.4 Å². The van der Waals surface area contributed by atoms with Gasteiger partial charge in [-0.2, -0.15) is 0 Å². The Morgan fingerprint density at radius 3 is 2.41 bits per heavy atom. The van der Waals surface area contributed by atoms with E-state index in [4.69, 9.17) is 9.72 Å². The Bertz CT molecular complexity index is 974. The molecule has 2 aromatic rings. The third kappa shape index (κ3) is 4.29. The molecule has 0 radical (unpaired) electrons. The lowest BCUT2D eigenvalue weighted by Crippen LogP contribution is -2.36. The number of rotatable bonds is 5. The molecular weight excluding hydrogens is 364 g/mol. The van der Waals surface area contributed by atoms with Gasteiger partial charge < -0.3 is 4.74 Å². The topological polar surface area (TPSA) is 69.2 Å². The first-order chi connectivity index (χ1) is 13.7. The summed E-state index contributed by atoms with van der Waals surface area (Å²) >= 11 is 0. The van der Waals surface area contributed by atoms with Gasteiger partial charge in [-0.05, 0) is 37.5 Å². The van der Waals surface area contributed by atoms with Crippen molar-refractivity contribution in [2.45, 2.75) is 58.3 Å². The van der Waals surface area contributed by atoms with Crippen LogP contribution >= 0.6 is 0 Å². The number of benzene rings is 1. The van der Waals surface area contributed by atoms with Crippen molar-refractivity contribution >= 4 is 17.8 Å². The molecule has 0 spiro atoms. The van der Waals surface area contributed by atoms with Crippen LogP contribution in [0.4, 0.5) is 0 Å². The molecule has 5 heteroatoms. The molecule has 29 heavy (non-hydrogen) atoms. The molecule has 0 aliphatic heterocycles. The quantitative estimate of drug-likeness (QED) is 0.411. The van der Waals surface area contributed by atoms with E-state index in [9.17, 15) is 9.59 Å². The molecule has 152 valence electrons. The Balaban J connectivity index is 1.91. The Kier molecular flexibility index (Phi) is 5.69. The van der Waals surface area contributed by atoms with Gasteiger partial charge in [-0.15, -0.1) is 0 Å². The molecule has 1 heterocycles. The highest BCUT2D eigenvalue weighted by atomic mass is 16.5. The van der Waals surface area contributed by atoms with Gasteiger partial charge in [0.05, 0.1) is 29.8 Å². The van der Waals surface area contributed by atoms with Crippen LogP contribution in [-0.4, -0.2) is 28.3 Å². The summed E-state index contributed by atoms with van der Waals surface area (Å²) in [6, 6.07) is 7.05. The summed E-state index contributed by atoms with van der Waals surface area (Å²) < 4.78 is 5.08. The maximum Gasteiger partial charge on any atom is 0.338 e. The van der Waals surface area contributed by atoms with Gasteiger partial charge in [-0.25, -0.2) is 9.78 Å². The van der Waals surface area contributed by atoms with Crippen LogP contribution in [0.15, 0.2) is 36.5 Å². The van der Waals surface area contributed by atoms with Gasteiger partial charge in [0, 0.05) is 10.8 Å². The van der Waals surface area contributed by atoms with Crippen molar-refractivity contribution in [2.75, 3.05) is 6.61 Å². The first-order valence-corrected chi connectivity index (χ1v) is 10.0. The average molecular weight is 392 g/mol. The minimum absolute atomic E-state index is 0.0478. The Morgan fingerprint density at radius 2 is 1.72 bits per heavy atom. The SMILES string of the molecule is CCOC(=O)c1ccccc1C=CC(=O)c1cnc2c(n1)C(C)(C)CCC2(C)C. The van der Waals surface area contributed by atoms with Crippen molar-refractivity contribution in [3.63, 3.8) is 0 Å². The van der Waals surface area contributed by atoms with Crippen molar-refractivity contribution < 1.29 is 14.3 Å². The number of fused-ring (bicyclic) bond motifs is 1. The second-order valence-electron chi connectivity index (χ2n) is 8.73. The molecule has 1 aliphatic carbocycles. The second kappa shape index (κ2) is 7.90. The van der Waals surface area contributed by atoms with Gasteiger partial charge in [0.15, 0.2) is 0 Å². The molecule has 1 aromatic heterocycles. The zero-order chi connectivity index (χ0) is 21.2. The zero-order valence-electron chi connectivity index (χ0n) is 17.8. The molecule has 3 rings (SSSR count). The molecule has 0 amide bonds. The fourth-order valence-corrected chi connectivity index (χ4v) is 3.62. The van der Waals surface area contributed by atoms with Gasteiger partial charge in [-0.1, -0.05) is 52.0 Å². The van der Waals surface area contributed by atoms with E-state index < -0.39 is 5.97 Å². The highest BCUT2D eigenvalue weighted by molar-refractivity contribution is 6.06. The summed E-state index contributed by atoms with van der Waals surface area (Å²) in [5.41, 5.74) is 3.09. The van der Waals surface area contributed by atoms with E-state index in [2.05, 4.69) is 32.7 Å². The molecule has 0 fully saturated rings. The predicted molar refractivity (Wildman–Crippen MR) is 113 cm³/mol. The number of ketones is 1. The van der Waals surface area contributed by atoms with Crippen LogP contribution in [-0.2, 0) is 15.6 Å². The van der Waals surface area contributed by atoms with Gasteiger partial charge in [0.1, 0.15) is 5.69 Å². The predicted octanol–water partition coefficient (Wildman–Crippen LogP) is 4.90. The van der Waals surface area contributed by atoms with E-state index in [1.165, 1.54) is 6.08 Å². The number of carbonyl (C=O) groups is 2. The van der Waals surface area contributed by atoms with E-state index in [1.54, 1.807) is 37.4 Å². The summed E-state index contributed by atoms with van der Waals surface area (Å²) in [4.78, 5) is 34.2. The summed E-state index contributed by atoms with van der Waals surface area (Å²) in [5, 5.41) is 0. The van der Waals surface area contributed by atoms with Crippen LogP contribution in [0.25, 0.3) is 6.08 Å². The maximum absolute atomic E-state index is 12.8. The lowest BCUT2D eigenvalue weighted by Gasteiger charge is -2.39. The monoisotopic (exact) mass is 392 g/mol. The van der Waals surface area contributed by atoms with Crippen molar-refractivity contribution in [2.24, 2.45) is 0 Å². The summed E-state index contributed by atoms with van der Waals surface area (Å²) in [5.74, 6) is -0.643. The lowest BCUT2D eigenvalue weighted by atomic mass is 9.67. The van der Waals surface area contributed by atoms with Crippen LogP contribution in [0, 0.1) is 0 Å². The standard InChI is InChI=1S/C24H28N2O3/c1-6-29-22(28)17-10-8-7-9-16(17)11-12-19(27)18-15-25-20-21(26-18)24(4,5)14-13-23(20,2)3/h7-12,15H,6,13-14H2,1-5H3. The van der Waals surface area contributed by atoms with Crippen LogP contribution < -0.4 is 0 Å². The number of carbonyl (C=O) groups excluding carboxylic acids is 2. The number of allylic oxidation sites excluding steroid dienone is 1. The number of esters is 1. The maximum atomic E-state index is 12.8. The summed E-state index contributed by atoms with van der Waals surface area (Å²) in [6.45, 7) is 10.7. The Hall–Kier alpha value is -2.82. The molecule has 0 bridgehead atoms. The molecular formula is C24H28N2O3. The highest BCUT2D eigenvalue weighted by Gasteiger charge is 2.39. The highest BCUT2D eigenvalue weighted by Crippen LogP contribution is 2.43. The molecule has 0 unspecified atom stereocenters. The van der Waals surface area contributed by atoms with Crippen molar-refractivity contribution in [3.8, 4) is 0 Å². The van der Waals surface area contributed by atoms with Crippen molar-refractivity contribution in [3.05, 3.63) is 64.7 Å². The number of ether oxygens (including phenoxy) is 1. The van der Waals surface area contributed by atoms with Crippen LogP contribution in [0.1, 0.15) is 85.3 Å².